The number of piperidine rings is 1. The maximum atomic E-state index is 12.6. The second-order valence-corrected chi connectivity index (χ2v) is 7.32. The molecule has 0 bridgehead atoms. The number of aromatic nitrogens is 1. The van der Waals surface area contributed by atoms with E-state index in [9.17, 15) is 14.4 Å². The van der Waals surface area contributed by atoms with Crippen LogP contribution in [0.1, 0.15) is 32.4 Å². The van der Waals surface area contributed by atoms with E-state index in [4.69, 9.17) is 0 Å². The largest absolute Gasteiger partial charge is 0.341 e. The number of carbonyl (C=O) groups is 3. The van der Waals surface area contributed by atoms with Gasteiger partial charge in [0.1, 0.15) is 12.1 Å². The van der Waals surface area contributed by atoms with Crippen LogP contribution in [0.15, 0.2) is 24.4 Å². The summed E-state index contributed by atoms with van der Waals surface area (Å²) in [5.74, 6) is -0.174. The predicted octanol–water partition coefficient (Wildman–Crippen LogP) is 1.19. The second kappa shape index (κ2) is 6.82. The third-order valence-corrected chi connectivity index (χ3v) is 4.83. The van der Waals surface area contributed by atoms with Crippen LogP contribution in [0.2, 0.25) is 0 Å². The minimum atomic E-state index is -0.944. The Kier molecular flexibility index (Phi) is 4.74. The topological polar surface area (TPSA) is 82.6 Å². The van der Waals surface area contributed by atoms with E-state index in [1.54, 1.807) is 24.9 Å². The van der Waals surface area contributed by atoms with Crippen LogP contribution < -0.4 is 5.32 Å². The predicted molar refractivity (Wildman–Crippen MR) is 91.6 cm³/mol. The van der Waals surface area contributed by atoms with Gasteiger partial charge in [-0.2, -0.15) is 0 Å². The maximum Gasteiger partial charge on any atom is 0.325 e. The molecule has 2 aliphatic heterocycles. The van der Waals surface area contributed by atoms with Gasteiger partial charge in [-0.3, -0.25) is 19.5 Å². The van der Waals surface area contributed by atoms with E-state index in [0.717, 1.165) is 29.9 Å². The summed E-state index contributed by atoms with van der Waals surface area (Å²) < 4.78 is 0. The van der Waals surface area contributed by atoms with Crippen LogP contribution in [-0.4, -0.2) is 57.8 Å². The zero-order valence-corrected chi connectivity index (χ0v) is 14.7. The minimum Gasteiger partial charge on any atom is -0.341 e. The Morgan fingerprint density at radius 1 is 1.36 bits per heavy atom. The summed E-state index contributed by atoms with van der Waals surface area (Å²) in [6.45, 7) is 4.40. The molecular formula is C18H24N4O3. The van der Waals surface area contributed by atoms with Crippen LogP contribution >= 0.6 is 0 Å². The highest BCUT2D eigenvalue weighted by molar-refractivity contribution is 6.08. The summed E-state index contributed by atoms with van der Waals surface area (Å²) in [7, 11) is 0. The Hall–Kier alpha value is -2.44. The fraction of sp³-hybridized carbons (Fsp3) is 0.556. The molecular weight excluding hydrogens is 320 g/mol. The van der Waals surface area contributed by atoms with Gasteiger partial charge in [0.2, 0.25) is 5.91 Å². The standard InChI is InChI=1S/C18H24N4O3/c1-18(2)16(24)22(17(25)20-18)12-15(23)21-9-5-6-13(11-21)10-14-7-3-4-8-19-14/h3-4,7-8,13H,5-6,9-12H2,1-2H3,(H,20,25)/t13-/m0/s1. The third kappa shape index (κ3) is 3.81. The smallest absolute Gasteiger partial charge is 0.325 e. The summed E-state index contributed by atoms with van der Waals surface area (Å²) in [6, 6.07) is 5.36. The van der Waals surface area contributed by atoms with E-state index in [2.05, 4.69) is 10.3 Å². The first-order valence-electron chi connectivity index (χ1n) is 8.68. The van der Waals surface area contributed by atoms with Gasteiger partial charge in [-0.25, -0.2) is 4.79 Å². The highest BCUT2D eigenvalue weighted by atomic mass is 16.2. The molecule has 4 amide bonds. The van der Waals surface area contributed by atoms with Crippen molar-refractivity contribution < 1.29 is 14.4 Å². The van der Waals surface area contributed by atoms with Gasteiger partial charge in [-0.1, -0.05) is 6.07 Å². The normalized spacial score (nSPS) is 22.9. The molecule has 2 saturated heterocycles. The summed E-state index contributed by atoms with van der Waals surface area (Å²) >= 11 is 0. The first-order chi connectivity index (χ1) is 11.9. The molecule has 1 aromatic heterocycles. The van der Waals surface area contributed by atoms with Crippen molar-refractivity contribution in [2.24, 2.45) is 5.92 Å². The van der Waals surface area contributed by atoms with Gasteiger partial charge in [0.25, 0.3) is 5.91 Å². The Bertz CT molecular complexity index is 674. The Balaban J connectivity index is 1.59. The first kappa shape index (κ1) is 17.4. The molecule has 0 saturated carbocycles. The molecule has 25 heavy (non-hydrogen) atoms. The lowest BCUT2D eigenvalue weighted by Gasteiger charge is -2.33. The SMILES string of the molecule is CC1(C)NC(=O)N(CC(=O)N2CCC[C@@H](Cc3ccccn3)C2)C1=O. The number of urea groups is 1. The van der Waals surface area contributed by atoms with Gasteiger partial charge in [0.05, 0.1) is 0 Å². The molecule has 1 N–H and O–H groups in total. The summed E-state index contributed by atoms with van der Waals surface area (Å²) in [4.78, 5) is 43.9. The van der Waals surface area contributed by atoms with Crippen molar-refractivity contribution in [2.45, 2.75) is 38.6 Å². The van der Waals surface area contributed by atoms with Crippen molar-refractivity contribution in [3.63, 3.8) is 0 Å². The molecule has 1 atom stereocenters. The molecule has 0 spiro atoms. The van der Waals surface area contributed by atoms with Crippen molar-refractivity contribution in [3.8, 4) is 0 Å². The number of nitrogens with zero attached hydrogens (tertiary/aromatic N) is 3. The minimum absolute atomic E-state index is 0.174. The number of imide groups is 1. The molecule has 1 aromatic rings. The number of carbonyl (C=O) groups excluding carboxylic acids is 3. The molecule has 134 valence electrons. The summed E-state index contributed by atoms with van der Waals surface area (Å²) in [6.07, 6.45) is 4.59. The van der Waals surface area contributed by atoms with Crippen molar-refractivity contribution in [1.82, 2.24) is 20.1 Å². The Labute approximate surface area is 147 Å². The van der Waals surface area contributed by atoms with Gasteiger partial charge in [0, 0.05) is 25.0 Å². The number of hydrogen-bond donors (Lipinski definition) is 1. The monoisotopic (exact) mass is 344 g/mol. The van der Waals surface area contributed by atoms with Gasteiger partial charge in [0.15, 0.2) is 0 Å². The zero-order valence-electron chi connectivity index (χ0n) is 14.7. The van der Waals surface area contributed by atoms with Crippen LogP contribution in [0.25, 0.3) is 0 Å². The lowest BCUT2D eigenvalue weighted by Crippen LogP contribution is -2.47. The van der Waals surface area contributed by atoms with Crippen molar-refractivity contribution >= 4 is 17.8 Å². The molecule has 7 heteroatoms. The first-order valence-corrected chi connectivity index (χ1v) is 8.68. The van der Waals surface area contributed by atoms with Gasteiger partial charge in [-0.05, 0) is 51.2 Å². The molecule has 0 unspecified atom stereocenters. The average Bonchev–Trinajstić information content (AvgIpc) is 2.78. The van der Waals surface area contributed by atoms with Gasteiger partial charge in [-0.15, -0.1) is 0 Å². The molecule has 0 aliphatic carbocycles. The highest BCUT2D eigenvalue weighted by Crippen LogP contribution is 2.21. The lowest BCUT2D eigenvalue weighted by molar-refractivity contribution is -0.139. The molecule has 0 aromatic carbocycles. The van der Waals surface area contributed by atoms with Crippen LogP contribution in [-0.2, 0) is 16.0 Å². The Morgan fingerprint density at radius 3 is 2.80 bits per heavy atom. The Morgan fingerprint density at radius 2 is 2.16 bits per heavy atom. The summed E-state index contributed by atoms with van der Waals surface area (Å²) in [5.41, 5.74) is 0.0819. The number of hydrogen-bond acceptors (Lipinski definition) is 4. The quantitative estimate of drug-likeness (QED) is 0.832. The number of amides is 4. The van der Waals surface area contributed by atoms with Gasteiger partial charge < -0.3 is 10.2 Å². The third-order valence-electron chi connectivity index (χ3n) is 4.83. The van der Waals surface area contributed by atoms with E-state index in [0.29, 0.717) is 19.0 Å². The fourth-order valence-electron chi connectivity index (χ4n) is 3.47. The molecule has 2 aliphatic rings. The molecule has 0 radical (unpaired) electrons. The molecule has 7 nitrogen and oxygen atoms in total. The average molecular weight is 344 g/mol. The van der Waals surface area contributed by atoms with Gasteiger partial charge >= 0.3 is 6.03 Å². The van der Waals surface area contributed by atoms with Crippen LogP contribution in [0, 0.1) is 5.92 Å². The molecule has 3 heterocycles. The van der Waals surface area contributed by atoms with Crippen LogP contribution in [0.5, 0.6) is 0 Å². The number of likely N-dealkylation sites (tertiary alicyclic amines) is 1. The number of pyridine rings is 1. The number of nitrogens with one attached hydrogen (secondary N) is 1. The maximum absolute atomic E-state index is 12.6. The van der Waals surface area contributed by atoms with Crippen LogP contribution in [0.4, 0.5) is 4.79 Å². The van der Waals surface area contributed by atoms with Crippen molar-refractivity contribution in [1.29, 1.82) is 0 Å². The zero-order chi connectivity index (χ0) is 18.0. The number of rotatable bonds is 4. The van der Waals surface area contributed by atoms with Crippen molar-refractivity contribution in [2.75, 3.05) is 19.6 Å². The molecule has 2 fully saturated rings. The van der Waals surface area contributed by atoms with Crippen LogP contribution in [0.3, 0.4) is 0 Å². The lowest BCUT2D eigenvalue weighted by atomic mass is 9.93. The van der Waals surface area contributed by atoms with E-state index in [-0.39, 0.29) is 18.4 Å². The van der Waals surface area contributed by atoms with E-state index in [1.165, 1.54) is 0 Å². The van der Waals surface area contributed by atoms with E-state index in [1.807, 2.05) is 18.2 Å². The van der Waals surface area contributed by atoms with E-state index >= 15 is 0 Å². The fourth-order valence-corrected chi connectivity index (χ4v) is 3.47. The van der Waals surface area contributed by atoms with E-state index < -0.39 is 11.6 Å². The molecule has 3 rings (SSSR count). The van der Waals surface area contributed by atoms with Crippen molar-refractivity contribution in [3.05, 3.63) is 30.1 Å². The second-order valence-electron chi connectivity index (χ2n) is 7.32. The highest BCUT2D eigenvalue weighted by Gasteiger charge is 2.45. The summed E-state index contributed by atoms with van der Waals surface area (Å²) in [5, 5.41) is 2.60.